The van der Waals surface area contributed by atoms with Crippen molar-refractivity contribution in [3.63, 3.8) is 0 Å². The fourth-order valence-corrected chi connectivity index (χ4v) is 2.98. The van der Waals surface area contributed by atoms with Crippen LogP contribution in [0.1, 0.15) is 11.1 Å². The zero-order valence-electron chi connectivity index (χ0n) is 8.75. The van der Waals surface area contributed by atoms with E-state index in [0.717, 1.165) is 0 Å². The van der Waals surface area contributed by atoms with E-state index in [9.17, 15) is 0 Å². The number of benzene rings is 1. The maximum absolute atomic E-state index is 2.27. The minimum atomic E-state index is 1.22. The highest BCUT2D eigenvalue weighted by Crippen LogP contribution is 2.06. The molecule has 1 N–H and O–H groups in total. The summed E-state index contributed by atoms with van der Waals surface area (Å²) in [6, 6.07) is 8.76. The first-order valence-electron chi connectivity index (χ1n) is 5.32. The summed E-state index contributed by atoms with van der Waals surface area (Å²) < 4.78 is 0. The molecule has 0 radical (unpaired) electrons. The minimum Gasteiger partial charge on any atom is -0.330 e. The normalized spacial score (nSPS) is 18.4. The van der Waals surface area contributed by atoms with Gasteiger partial charge < -0.3 is 4.90 Å². The topological polar surface area (TPSA) is 4.44 Å². The second-order valence-electron chi connectivity index (χ2n) is 3.97. The molecule has 1 fully saturated rings. The van der Waals surface area contributed by atoms with E-state index >= 15 is 0 Å². The Morgan fingerprint density at radius 1 is 1.21 bits per heavy atom. The molecule has 76 valence electrons. The van der Waals surface area contributed by atoms with E-state index in [2.05, 4.69) is 43.0 Å². The summed E-state index contributed by atoms with van der Waals surface area (Å²) in [4.78, 5) is 1.75. The van der Waals surface area contributed by atoms with Crippen molar-refractivity contribution in [2.45, 2.75) is 13.5 Å². The van der Waals surface area contributed by atoms with Gasteiger partial charge in [0.1, 0.15) is 6.54 Å². The molecule has 0 bridgehead atoms. The second-order valence-corrected chi connectivity index (χ2v) is 5.19. The van der Waals surface area contributed by atoms with E-state index in [0.29, 0.717) is 0 Å². The molecular formula is C12H18NS+. The second kappa shape index (κ2) is 4.85. The SMILES string of the molecule is Cc1ccccc1C[NH+]1CCSCC1. The molecule has 2 heteroatoms. The highest BCUT2D eigenvalue weighted by molar-refractivity contribution is 7.99. The third-order valence-electron chi connectivity index (χ3n) is 2.90. The number of hydrogen-bond acceptors (Lipinski definition) is 1. The summed E-state index contributed by atoms with van der Waals surface area (Å²) in [5, 5.41) is 0. The van der Waals surface area contributed by atoms with Crippen LogP contribution in [0.25, 0.3) is 0 Å². The first-order valence-corrected chi connectivity index (χ1v) is 6.47. The number of rotatable bonds is 2. The van der Waals surface area contributed by atoms with Crippen molar-refractivity contribution >= 4 is 11.8 Å². The van der Waals surface area contributed by atoms with E-state index in [1.165, 1.54) is 42.3 Å². The van der Waals surface area contributed by atoms with E-state index in [1.807, 2.05) is 0 Å². The Kier molecular flexibility index (Phi) is 3.49. The minimum absolute atomic E-state index is 1.22. The molecule has 2 rings (SSSR count). The van der Waals surface area contributed by atoms with Gasteiger partial charge in [-0.25, -0.2) is 0 Å². The highest BCUT2D eigenvalue weighted by Gasteiger charge is 2.14. The number of nitrogens with one attached hydrogen (secondary N) is 1. The predicted molar refractivity (Wildman–Crippen MR) is 62.9 cm³/mol. The predicted octanol–water partition coefficient (Wildman–Crippen LogP) is 1.13. The Balaban J connectivity index is 1.99. The molecule has 0 aromatic heterocycles. The standard InChI is InChI=1S/C12H17NS/c1-11-4-2-3-5-12(11)10-13-6-8-14-9-7-13/h2-5H,6-10H2,1H3/p+1. The van der Waals surface area contributed by atoms with Crippen LogP contribution in [0.4, 0.5) is 0 Å². The first-order chi connectivity index (χ1) is 6.86. The lowest BCUT2D eigenvalue weighted by atomic mass is 10.1. The van der Waals surface area contributed by atoms with Crippen molar-refractivity contribution in [1.82, 2.24) is 0 Å². The van der Waals surface area contributed by atoms with Gasteiger partial charge in [0.2, 0.25) is 0 Å². The van der Waals surface area contributed by atoms with Gasteiger partial charge in [0.05, 0.1) is 13.1 Å². The molecule has 1 aliphatic heterocycles. The van der Waals surface area contributed by atoms with Crippen LogP contribution in [0.2, 0.25) is 0 Å². The molecule has 0 atom stereocenters. The third-order valence-corrected chi connectivity index (χ3v) is 3.89. The average molecular weight is 208 g/mol. The summed E-state index contributed by atoms with van der Waals surface area (Å²) in [6.45, 7) is 6.10. The van der Waals surface area contributed by atoms with Crippen LogP contribution in [0, 0.1) is 6.92 Å². The molecule has 1 aromatic rings. The van der Waals surface area contributed by atoms with Gasteiger partial charge in [0.25, 0.3) is 0 Å². The monoisotopic (exact) mass is 208 g/mol. The van der Waals surface area contributed by atoms with Crippen LogP contribution in [-0.2, 0) is 6.54 Å². The van der Waals surface area contributed by atoms with E-state index in [-0.39, 0.29) is 0 Å². The van der Waals surface area contributed by atoms with Crippen molar-refractivity contribution in [3.05, 3.63) is 35.4 Å². The van der Waals surface area contributed by atoms with Crippen LogP contribution in [0.5, 0.6) is 0 Å². The van der Waals surface area contributed by atoms with E-state index < -0.39 is 0 Å². The van der Waals surface area contributed by atoms with Crippen molar-refractivity contribution < 1.29 is 4.90 Å². The molecule has 1 nitrogen and oxygen atoms in total. The maximum atomic E-state index is 2.27. The summed E-state index contributed by atoms with van der Waals surface area (Å²) in [5.41, 5.74) is 2.97. The van der Waals surface area contributed by atoms with Gasteiger partial charge in [-0.05, 0) is 12.5 Å². The lowest BCUT2D eigenvalue weighted by molar-refractivity contribution is -0.910. The van der Waals surface area contributed by atoms with Crippen LogP contribution in [0.15, 0.2) is 24.3 Å². The molecule has 0 amide bonds. The fraction of sp³-hybridized carbons (Fsp3) is 0.500. The molecule has 1 aliphatic rings. The van der Waals surface area contributed by atoms with Crippen molar-refractivity contribution in [3.8, 4) is 0 Å². The average Bonchev–Trinajstić information content (AvgIpc) is 2.23. The van der Waals surface area contributed by atoms with Crippen molar-refractivity contribution in [2.24, 2.45) is 0 Å². The molecule has 0 saturated carbocycles. The smallest absolute Gasteiger partial charge is 0.103 e. The van der Waals surface area contributed by atoms with Crippen LogP contribution < -0.4 is 4.90 Å². The lowest BCUT2D eigenvalue weighted by Gasteiger charge is -2.23. The Labute approximate surface area is 90.5 Å². The Morgan fingerprint density at radius 3 is 2.64 bits per heavy atom. The van der Waals surface area contributed by atoms with Gasteiger partial charge in [0.15, 0.2) is 0 Å². The molecule has 0 spiro atoms. The molecular weight excluding hydrogens is 190 g/mol. The van der Waals surface area contributed by atoms with Gasteiger partial charge in [-0.15, -0.1) is 0 Å². The fourth-order valence-electron chi connectivity index (χ4n) is 1.91. The lowest BCUT2D eigenvalue weighted by Crippen LogP contribution is -3.12. The largest absolute Gasteiger partial charge is 0.330 e. The van der Waals surface area contributed by atoms with Gasteiger partial charge in [0, 0.05) is 17.1 Å². The molecule has 1 heterocycles. The molecule has 0 unspecified atom stereocenters. The maximum Gasteiger partial charge on any atom is 0.103 e. The molecule has 0 aliphatic carbocycles. The van der Waals surface area contributed by atoms with Gasteiger partial charge in [-0.3, -0.25) is 0 Å². The Hall–Kier alpha value is -0.470. The third kappa shape index (κ3) is 2.52. The molecule has 1 aromatic carbocycles. The van der Waals surface area contributed by atoms with Crippen LogP contribution >= 0.6 is 11.8 Å². The van der Waals surface area contributed by atoms with Gasteiger partial charge >= 0.3 is 0 Å². The zero-order chi connectivity index (χ0) is 9.80. The number of aryl methyl sites for hydroxylation is 1. The van der Waals surface area contributed by atoms with Crippen molar-refractivity contribution in [2.75, 3.05) is 24.6 Å². The number of hydrogen-bond donors (Lipinski definition) is 1. The van der Waals surface area contributed by atoms with Crippen LogP contribution in [0.3, 0.4) is 0 Å². The Morgan fingerprint density at radius 2 is 1.93 bits per heavy atom. The highest BCUT2D eigenvalue weighted by atomic mass is 32.2. The molecule has 1 saturated heterocycles. The summed E-state index contributed by atoms with van der Waals surface area (Å²) in [5.74, 6) is 2.67. The Bertz CT molecular complexity index is 292. The quantitative estimate of drug-likeness (QED) is 0.763. The molecule has 14 heavy (non-hydrogen) atoms. The van der Waals surface area contributed by atoms with Gasteiger partial charge in [-0.2, -0.15) is 11.8 Å². The zero-order valence-corrected chi connectivity index (χ0v) is 9.57. The van der Waals surface area contributed by atoms with Gasteiger partial charge in [-0.1, -0.05) is 24.3 Å². The number of thioether (sulfide) groups is 1. The first kappa shape index (κ1) is 10.1. The number of quaternary nitrogens is 1. The van der Waals surface area contributed by atoms with Crippen LogP contribution in [-0.4, -0.2) is 24.6 Å². The summed E-state index contributed by atoms with van der Waals surface area (Å²) in [7, 11) is 0. The van der Waals surface area contributed by atoms with Crippen molar-refractivity contribution in [1.29, 1.82) is 0 Å². The summed E-state index contributed by atoms with van der Waals surface area (Å²) >= 11 is 2.09. The van der Waals surface area contributed by atoms with E-state index in [1.54, 1.807) is 4.90 Å². The van der Waals surface area contributed by atoms with E-state index in [4.69, 9.17) is 0 Å². The summed E-state index contributed by atoms with van der Waals surface area (Å²) in [6.07, 6.45) is 0.